The van der Waals surface area contributed by atoms with E-state index in [1.807, 2.05) is 48.5 Å². The Labute approximate surface area is 186 Å². The van der Waals surface area contributed by atoms with Crippen molar-refractivity contribution in [1.82, 2.24) is 4.90 Å². The van der Waals surface area contributed by atoms with Gasteiger partial charge in [0, 0.05) is 36.8 Å². The van der Waals surface area contributed by atoms with Crippen LogP contribution in [0.4, 0.5) is 16.2 Å². The molecule has 1 saturated heterocycles. The first kappa shape index (κ1) is 20.1. The number of nitrogens with one attached hydrogen (secondary N) is 1. The molecule has 0 aromatic heterocycles. The number of hydrogen-bond acceptors (Lipinski definition) is 3. The Kier molecular flexibility index (Phi) is 5.40. The fourth-order valence-electron chi connectivity index (χ4n) is 4.93. The van der Waals surface area contributed by atoms with Crippen LogP contribution in [0.5, 0.6) is 0 Å². The Morgan fingerprint density at radius 3 is 2.48 bits per heavy atom. The number of halogens is 1. The minimum absolute atomic E-state index is 0.0418. The molecule has 0 unspecified atom stereocenters. The molecule has 3 aromatic rings. The number of anilines is 2. The van der Waals surface area contributed by atoms with E-state index in [1.165, 1.54) is 5.56 Å². The smallest absolute Gasteiger partial charge is 0.326 e. The van der Waals surface area contributed by atoms with Gasteiger partial charge in [-0.1, -0.05) is 72.3 Å². The second kappa shape index (κ2) is 8.35. The average molecular weight is 434 g/mol. The van der Waals surface area contributed by atoms with Crippen LogP contribution in [0.3, 0.4) is 0 Å². The van der Waals surface area contributed by atoms with Crippen molar-refractivity contribution < 1.29 is 9.90 Å². The summed E-state index contributed by atoms with van der Waals surface area (Å²) in [5.41, 5.74) is 3.80. The second-order valence-electron chi connectivity index (χ2n) is 8.08. The molecular formula is C25H24ClN3O2. The zero-order chi connectivity index (χ0) is 21.4. The number of carbonyl (C=O) groups is 1. The van der Waals surface area contributed by atoms with Crippen LogP contribution < -0.4 is 10.2 Å². The third-order valence-corrected chi connectivity index (χ3v) is 6.72. The predicted molar refractivity (Wildman–Crippen MR) is 124 cm³/mol. The lowest BCUT2D eigenvalue weighted by Gasteiger charge is -2.59. The molecule has 5 nitrogen and oxygen atoms in total. The number of hydrogen-bond donors (Lipinski definition) is 2. The standard InChI is InChI=1S/C25H24ClN3O2/c26-19-11-5-6-12-20(19)27-25(31)29-15-22-24(18-10-4-7-13-21(18)29)23(16-30)28(22)14-17-8-2-1-3-9-17/h1-13,22-24,30H,14-16H2,(H,27,31)/t22-,23-,24+/m0/s1. The van der Waals surface area contributed by atoms with Gasteiger partial charge >= 0.3 is 6.03 Å². The summed E-state index contributed by atoms with van der Waals surface area (Å²) in [7, 11) is 0. The lowest BCUT2D eigenvalue weighted by molar-refractivity contribution is -0.0484. The molecule has 31 heavy (non-hydrogen) atoms. The molecule has 3 aromatic carbocycles. The van der Waals surface area contributed by atoms with E-state index in [0.29, 0.717) is 17.3 Å². The molecule has 0 saturated carbocycles. The molecule has 2 heterocycles. The monoisotopic (exact) mass is 433 g/mol. The van der Waals surface area contributed by atoms with Crippen molar-refractivity contribution in [3.63, 3.8) is 0 Å². The fourth-order valence-corrected chi connectivity index (χ4v) is 5.11. The largest absolute Gasteiger partial charge is 0.395 e. The summed E-state index contributed by atoms with van der Waals surface area (Å²) in [5, 5.41) is 13.6. The average Bonchev–Trinajstić information content (AvgIpc) is 2.79. The van der Waals surface area contributed by atoms with Crippen molar-refractivity contribution in [3.8, 4) is 0 Å². The first-order valence-corrected chi connectivity index (χ1v) is 10.9. The number of likely N-dealkylation sites (tertiary alicyclic amines) is 1. The molecular weight excluding hydrogens is 410 g/mol. The molecule has 2 aliphatic heterocycles. The van der Waals surface area contributed by atoms with E-state index in [0.717, 1.165) is 17.8 Å². The van der Waals surface area contributed by atoms with E-state index >= 15 is 0 Å². The summed E-state index contributed by atoms with van der Waals surface area (Å²) in [5.74, 6) is 0.203. The van der Waals surface area contributed by atoms with Crippen molar-refractivity contribution in [2.75, 3.05) is 23.4 Å². The van der Waals surface area contributed by atoms with Gasteiger partial charge in [-0.3, -0.25) is 9.80 Å². The zero-order valence-electron chi connectivity index (χ0n) is 17.0. The molecule has 1 fully saturated rings. The van der Waals surface area contributed by atoms with Gasteiger partial charge in [-0.25, -0.2) is 4.79 Å². The number of rotatable bonds is 4. The van der Waals surface area contributed by atoms with Gasteiger partial charge in [-0.15, -0.1) is 0 Å². The van der Waals surface area contributed by atoms with Crippen molar-refractivity contribution in [2.24, 2.45) is 0 Å². The summed E-state index contributed by atoms with van der Waals surface area (Å²) in [4.78, 5) is 17.4. The molecule has 0 bridgehead atoms. The first-order chi connectivity index (χ1) is 15.2. The normalized spacial score (nSPS) is 22.3. The Bertz CT molecular complexity index is 1090. The summed E-state index contributed by atoms with van der Waals surface area (Å²) in [6, 6.07) is 25.5. The van der Waals surface area contributed by atoms with Crippen molar-refractivity contribution >= 4 is 29.0 Å². The predicted octanol–water partition coefficient (Wildman–Crippen LogP) is 4.72. The Hall–Kier alpha value is -2.86. The molecule has 158 valence electrons. The molecule has 2 amide bonds. The van der Waals surface area contributed by atoms with Crippen LogP contribution in [0.1, 0.15) is 17.0 Å². The number of aliphatic hydroxyl groups excluding tert-OH is 1. The van der Waals surface area contributed by atoms with E-state index in [4.69, 9.17) is 11.6 Å². The highest BCUT2D eigenvalue weighted by atomic mass is 35.5. The quantitative estimate of drug-likeness (QED) is 0.625. The maximum absolute atomic E-state index is 13.3. The first-order valence-electron chi connectivity index (χ1n) is 10.5. The lowest BCUT2D eigenvalue weighted by atomic mass is 9.72. The third kappa shape index (κ3) is 3.59. The highest BCUT2D eigenvalue weighted by Gasteiger charge is 2.53. The summed E-state index contributed by atoms with van der Waals surface area (Å²) in [6.45, 7) is 1.39. The van der Waals surface area contributed by atoms with Crippen LogP contribution in [-0.2, 0) is 6.54 Å². The highest BCUT2D eigenvalue weighted by molar-refractivity contribution is 6.33. The molecule has 0 spiro atoms. The second-order valence-corrected chi connectivity index (χ2v) is 8.49. The van der Waals surface area contributed by atoms with Crippen LogP contribution >= 0.6 is 11.6 Å². The molecule has 0 aliphatic carbocycles. The summed E-state index contributed by atoms with van der Waals surface area (Å²) >= 11 is 6.25. The molecule has 2 N–H and O–H groups in total. The number of urea groups is 1. The van der Waals surface area contributed by atoms with E-state index in [1.54, 1.807) is 17.0 Å². The Morgan fingerprint density at radius 1 is 1.00 bits per heavy atom. The molecule has 2 aliphatic rings. The SMILES string of the molecule is O=C(Nc1ccccc1Cl)N1C[C@H]2[C@@H](c3ccccc31)[C@H](CO)N2Cc1ccccc1. The van der Waals surface area contributed by atoms with Crippen LogP contribution in [-0.4, -0.2) is 41.3 Å². The molecule has 6 heteroatoms. The van der Waals surface area contributed by atoms with Gasteiger partial charge in [0.05, 0.1) is 17.3 Å². The van der Waals surface area contributed by atoms with Crippen LogP contribution in [0.2, 0.25) is 5.02 Å². The van der Waals surface area contributed by atoms with Crippen molar-refractivity contribution in [3.05, 3.63) is 95.0 Å². The van der Waals surface area contributed by atoms with Gasteiger partial charge in [-0.2, -0.15) is 0 Å². The third-order valence-electron chi connectivity index (χ3n) is 6.39. The van der Waals surface area contributed by atoms with E-state index < -0.39 is 0 Å². The minimum Gasteiger partial charge on any atom is -0.395 e. The molecule has 3 atom stereocenters. The van der Waals surface area contributed by atoms with Crippen LogP contribution in [0.25, 0.3) is 0 Å². The van der Waals surface area contributed by atoms with Crippen molar-refractivity contribution in [1.29, 1.82) is 0 Å². The van der Waals surface area contributed by atoms with Crippen molar-refractivity contribution in [2.45, 2.75) is 24.5 Å². The Morgan fingerprint density at radius 2 is 1.71 bits per heavy atom. The van der Waals surface area contributed by atoms with E-state index in [9.17, 15) is 9.90 Å². The number of fused-ring (bicyclic) bond motifs is 3. The summed E-state index contributed by atoms with van der Waals surface area (Å²) < 4.78 is 0. The Balaban J connectivity index is 1.45. The molecule has 0 radical (unpaired) electrons. The van der Waals surface area contributed by atoms with Gasteiger partial charge in [0.1, 0.15) is 0 Å². The number of para-hydroxylation sites is 2. The maximum atomic E-state index is 13.3. The number of aliphatic hydroxyl groups is 1. The summed E-state index contributed by atoms with van der Waals surface area (Å²) in [6.07, 6.45) is 0. The van der Waals surface area contributed by atoms with Gasteiger partial charge in [0.25, 0.3) is 0 Å². The van der Waals surface area contributed by atoms with Gasteiger partial charge in [-0.05, 0) is 29.3 Å². The lowest BCUT2D eigenvalue weighted by Crippen LogP contribution is -2.69. The molecule has 5 rings (SSSR count). The topological polar surface area (TPSA) is 55.8 Å². The minimum atomic E-state index is -0.203. The van der Waals surface area contributed by atoms with Crippen LogP contribution in [0, 0.1) is 0 Å². The van der Waals surface area contributed by atoms with Gasteiger partial charge in [0.15, 0.2) is 0 Å². The maximum Gasteiger partial charge on any atom is 0.326 e. The van der Waals surface area contributed by atoms with Gasteiger partial charge < -0.3 is 10.4 Å². The highest BCUT2D eigenvalue weighted by Crippen LogP contribution is 2.48. The van der Waals surface area contributed by atoms with E-state index in [-0.39, 0.29) is 30.6 Å². The number of benzene rings is 3. The van der Waals surface area contributed by atoms with Crippen LogP contribution in [0.15, 0.2) is 78.9 Å². The number of nitrogens with zero attached hydrogens (tertiary/aromatic N) is 2. The number of amides is 2. The fraction of sp³-hybridized carbons (Fsp3) is 0.240. The van der Waals surface area contributed by atoms with E-state index in [2.05, 4.69) is 28.4 Å². The zero-order valence-corrected chi connectivity index (χ0v) is 17.7. The van der Waals surface area contributed by atoms with Gasteiger partial charge in [0.2, 0.25) is 0 Å². The number of carbonyl (C=O) groups excluding carboxylic acids is 1.